The van der Waals surface area contributed by atoms with Crippen LogP contribution in [0.25, 0.3) is 10.1 Å². The number of carbonyl (C=O) groups excluding carboxylic acids is 1. The van der Waals surface area contributed by atoms with Gasteiger partial charge in [-0.25, -0.2) is 4.79 Å². The van der Waals surface area contributed by atoms with E-state index in [2.05, 4.69) is 0 Å². The first-order valence-electron chi connectivity index (χ1n) is 4.61. The molecule has 1 heterocycles. The van der Waals surface area contributed by atoms with Gasteiger partial charge in [0.1, 0.15) is 5.75 Å². The summed E-state index contributed by atoms with van der Waals surface area (Å²) in [7, 11) is 0. The highest BCUT2D eigenvalue weighted by Crippen LogP contribution is 2.36. The molecule has 0 bridgehead atoms. The van der Waals surface area contributed by atoms with E-state index in [1.54, 1.807) is 13.0 Å². The summed E-state index contributed by atoms with van der Waals surface area (Å²) in [6.07, 6.45) is 0. The van der Waals surface area contributed by atoms with Crippen LogP contribution < -0.4 is 0 Å². The lowest BCUT2D eigenvalue weighted by atomic mass is 10.2. The van der Waals surface area contributed by atoms with E-state index >= 15 is 0 Å². The summed E-state index contributed by atoms with van der Waals surface area (Å²) in [5.74, 6) is -0.440. The molecule has 0 fully saturated rings. The van der Waals surface area contributed by atoms with Crippen molar-refractivity contribution < 1.29 is 14.6 Å². The summed E-state index contributed by atoms with van der Waals surface area (Å²) >= 11 is 1.25. The highest BCUT2D eigenvalue weighted by molar-refractivity contribution is 7.21. The van der Waals surface area contributed by atoms with Crippen molar-refractivity contribution in [2.45, 2.75) is 6.92 Å². The molecule has 0 radical (unpaired) electrons. The molecular formula is C11H10O3S. The van der Waals surface area contributed by atoms with Crippen molar-refractivity contribution in [3.05, 3.63) is 29.1 Å². The Labute approximate surface area is 90.9 Å². The van der Waals surface area contributed by atoms with Crippen LogP contribution in [0.3, 0.4) is 0 Å². The number of esters is 1. The topological polar surface area (TPSA) is 46.5 Å². The van der Waals surface area contributed by atoms with Gasteiger partial charge in [-0.3, -0.25) is 0 Å². The number of benzene rings is 1. The Bertz CT molecular complexity index is 502. The molecule has 0 aliphatic carbocycles. The standard InChI is InChI=1S/C11H10O3S/c1-2-14-11(13)10-9(12)7-5-3-4-6-8(7)15-10/h3-6,12H,2H2,1H3. The first-order valence-corrected chi connectivity index (χ1v) is 5.43. The van der Waals surface area contributed by atoms with Crippen LogP contribution in [0.1, 0.15) is 16.6 Å². The van der Waals surface area contributed by atoms with Crippen molar-refractivity contribution in [3.63, 3.8) is 0 Å². The second-order valence-electron chi connectivity index (χ2n) is 3.00. The van der Waals surface area contributed by atoms with Crippen molar-refractivity contribution in [1.82, 2.24) is 0 Å². The summed E-state index contributed by atoms with van der Waals surface area (Å²) in [6, 6.07) is 7.34. The molecule has 0 amide bonds. The van der Waals surface area contributed by atoms with E-state index in [0.717, 1.165) is 4.70 Å². The fourth-order valence-electron chi connectivity index (χ4n) is 1.37. The fourth-order valence-corrected chi connectivity index (χ4v) is 2.36. The normalized spacial score (nSPS) is 10.5. The van der Waals surface area contributed by atoms with Crippen LogP contribution in [0.4, 0.5) is 0 Å². The van der Waals surface area contributed by atoms with E-state index in [1.165, 1.54) is 11.3 Å². The quantitative estimate of drug-likeness (QED) is 0.795. The Morgan fingerprint density at radius 1 is 1.47 bits per heavy atom. The van der Waals surface area contributed by atoms with Gasteiger partial charge in [-0.05, 0) is 19.1 Å². The monoisotopic (exact) mass is 222 g/mol. The van der Waals surface area contributed by atoms with Gasteiger partial charge in [0, 0.05) is 10.1 Å². The molecule has 2 aromatic rings. The number of ether oxygens (including phenoxy) is 1. The van der Waals surface area contributed by atoms with Crippen LogP contribution in [0, 0.1) is 0 Å². The molecule has 15 heavy (non-hydrogen) atoms. The lowest BCUT2D eigenvalue weighted by Gasteiger charge is -1.98. The van der Waals surface area contributed by atoms with Crippen molar-refractivity contribution in [1.29, 1.82) is 0 Å². The zero-order valence-electron chi connectivity index (χ0n) is 8.19. The summed E-state index contributed by atoms with van der Waals surface area (Å²) in [4.78, 5) is 11.7. The highest BCUT2D eigenvalue weighted by Gasteiger charge is 2.18. The molecule has 0 spiro atoms. The molecule has 0 aliphatic heterocycles. The lowest BCUT2D eigenvalue weighted by molar-refractivity contribution is 0.0529. The fraction of sp³-hybridized carbons (Fsp3) is 0.182. The van der Waals surface area contributed by atoms with E-state index in [0.29, 0.717) is 12.0 Å². The molecule has 0 saturated carbocycles. The smallest absolute Gasteiger partial charge is 0.352 e. The van der Waals surface area contributed by atoms with Gasteiger partial charge < -0.3 is 9.84 Å². The van der Waals surface area contributed by atoms with Crippen molar-refractivity contribution in [2.75, 3.05) is 6.61 Å². The highest BCUT2D eigenvalue weighted by atomic mass is 32.1. The first-order chi connectivity index (χ1) is 7.24. The van der Waals surface area contributed by atoms with Gasteiger partial charge in [-0.1, -0.05) is 12.1 Å². The third kappa shape index (κ3) is 1.68. The van der Waals surface area contributed by atoms with Gasteiger partial charge in [0.05, 0.1) is 6.61 Å². The zero-order chi connectivity index (χ0) is 10.8. The van der Waals surface area contributed by atoms with Gasteiger partial charge in [-0.15, -0.1) is 11.3 Å². The maximum Gasteiger partial charge on any atom is 0.352 e. The van der Waals surface area contributed by atoms with Crippen LogP contribution in [-0.4, -0.2) is 17.7 Å². The van der Waals surface area contributed by atoms with Gasteiger partial charge in [0.25, 0.3) is 0 Å². The summed E-state index contributed by atoms with van der Waals surface area (Å²) < 4.78 is 5.74. The van der Waals surface area contributed by atoms with E-state index in [-0.39, 0.29) is 10.6 Å². The Kier molecular flexibility index (Phi) is 2.60. The molecule has 4 heteroatoms. The maximum absolute atomic E-state index is 11.5. The van der Waals surface area contributed by atoms with E-state index < -0.39 is 5.97 Å². The molecule has 1 aromatic carbocycles. The summed E-state index contributed by atoms with van der Waals surface area (Å²) in [6.45, 7) is 2.05. The average molecular weight is 222 g/mol. The largest absolute Gasteiger partial charge is 0.505 e. The van der Waals surface area contributed by atoms with E-state index in [4.69, 9.17) is 4.74 Å². The van der Waals surface area contributed by atoms with Gasteiger partial charge in [-0.2, -0.15) is 0 Å². The number of aromatic hydroxyl groups is 1. The third-order valence-corrected chi connectivity index (χ3v) is 3.17. The van der Waals surface area contributed by atoms with Gasteiger partial charge in [0.2, 0.25) is 0 Å². The van der Waals surface area contributed by atoms with Crippen molar-refractivity contribution in [3.8, 4) is 5.75 Å². The number of hydrogen-bond donors (Lipinski definition) is 1. The molecule has 0 aliphatic rings. The molecule has 0 atom stereocenters. The number of rotatable bonds is 2. The van der Waals surface area contributed by atoms with Crippen LogP contribution in [0.15, 0.2) is 24.3 Å². The number of hydrogen-bond acceptors (Lipinski definition) is 4. The van der Waals surface area contributed by atoms with Crippen molar-refractivity contribution in [2.24, 2.45) is 0 Å². The summed E-state index contributed by atoms with van der Waals surface area (Å²) in [5, 5.41) is 10.5. The van der Waals surface area contributed by atoms with E-state index in [9.17, 15) is 9.90 Å². The Hall–Kier alpha value is -1.55. The van der Waals surface area contributed by atoms with E-state index in [1.807, 2.05) is 18.2 Å². The van der Waals surface area contributed by atoms with Gasteiger partial charge in [0.15, 0.2) is 4.88 Å². The SMILES string of the molecule is CCOC(=O)c1sc2ccccc2c1O. The average Bonchev–Trinajstić information content (AvgIpc) is 2.57. The van der Waals surface area contributed by atoms with Crippen LogP contribution >= 0.6 is 11.3 Å². The Morgan fingerprint density at radius 3 is 2.87 bits per heavy atom. The Morgan fingerprint density at radius 2 is 2.20 bits per heavy atom. The minimum Gasteiger partial charge on any atom is -0.505 e. The molecule has 3 nitrogen and oxygen atoms in total. The molecular weight excluding hydrogens is 212 g/mol. The summed E-state index contributed by atoms with van der Waals surface area (Å²) in [5.41, 5.74) is 0. The molecule has 78 valence electrons. The number of fused-ring (bicyclic) bond motifs is 1. The first kappa shape index (κ1) is 9.98. The second kappa shape index (κ2) is 3.90. The maximum atomic E-state index is 11.5. The second-order valence-corrected chi connectivity index (χ2v) is 4.05. The van der Waals surface area contributed by atoms with Crippen LogP contribution in [-0.2, 0) is 4.74 Å². The predicted molar refractivity (Wildman–Crippen MR) is 59.4 cm³/mol. The molecule has 0 saturated heterocycles. The third-order valence-electron chi connectivity index (χ3n) is 2.03. The molecule has 1 aromatic heterocycles. The van der Waals surface area contributed by atoms with Crippen molar-refractivity contribution >= 4 is 27.4 Å². The minimum absolute atomic E-state index is 0.0223. The Balaban J connectivity index is 2.53. The predicted octanol–water partition coefficient (Wildman–Crippen LogP) is 2.78. The number of thiophene rings is 1. The minimum atomic E-state index is -0.462. The molecule has 1 N–H and O–H groups in total. The lowest BCUT2D eigenvalue weighted by Crippen LogP contribution is -2.01. The van der Waals surface area contributed by atoms with Crippen LogP contribution in [0.2, 0.25) is 0 Å². The van der Waals surface area contributed by atoms with Crippen LogP contribution in [0.5, 0.6) is 5.75 Å². The zero-order valence-corrected chi connectivity index (χ0v) is 9.00. The molecule has 0 unspecified atom stereocenters. The van der Waals surface area contributed by atoms with Gasteiger partial charge >= 0.3 is 5.97 Å². The number of carbonyl (C=O) groups is 1. The molecule has 2 rings (SSSR count).